The van der Waals surface area contributed by atoms with Crippen molar-refractivity contribution in [2.45, 2.75) is 14.7 Å². The molecule has 7 N–H and O–H groups in total. The first-order valence-corrected chi connectivity index (χ1v) is 20.2. The summed E-state index contributed by atoms with van der Waals surface area (Å²) < 4.78 is 41.5. The largest absolute Gasteiger partial charge is 0.505 e. The van der Waals surface area contributed by atoms with Crippen molar-refractivity contribution < 1.29 is 52.4 Å². The van der Waals surface area contributed by atoms with Gasteiger partial charge in [0.05, 0.1) is 62.3 Å². The molecule has 0 aliphatic rings. The Hall–Kier alpha value is -7.04. The maximum absolute atomic E-state index is 11.5. The van der Waals surface area contributed by atoms with Crippen LogP contribution in [0.4, 0.5) is 57.4 Å². The summed E-state index contributed by atoms with van der Waals surface area (Å²) in [5.74, 6) is -0.520. The minimum absolute atomic E-state index is 0.0000611. The Labute approximate surface area is 357 Å². The maximum Gasteiger partial charge on any atom is 0.320 e. The van der Waals surface area contributed by atoms with Crippen molar-refractivity contribution in [2.24, 2.45) is 30.7 Å². The van der Waals surface area contributed by atoms with Gasteiger partial charge < -0.3 is 20.8 Å². The molecule has 7 rings (SSSR count). The Morgan fingerprint density at radius 1 is 0.565 bits per heavy atom. The second kappa shape index (κ2) is 20.0. The molecule has 0 unspecified atom stereocenters. The lowest BCUT2D eigenvalue weighted by Gasteiger charge is -2.12. The van der Waals surface area contributed by atoms with Gasteiger partial charge in [-0.1, -0.05) is 16.1 Å². The lowest BCUT2D eigenvalue weighted by atomic mass is 10.1. The van der Waals surface area contributed by atoms with Gasteiger partial charge in [0.25, 0.3) is 10.1 Å². The van der Waals surface area contributed by atoms with Gasteiger partial charge in [0, 0.05) is 21.7 Å². The van der Waals surface area contributed by atoms with E-state index in [0.29, 0.717) is 61.8 Å². The zero-order valence-electron chi connectivity index (χ0n) is 31.0. The van der Waals surface area contributed by atoms with Crippen LogP contribution >= 0.6 is 24.1 Å². The Balaban J connectivity index is 1.02. The summed E-state index contributed by atoms with van der Waals surface area (Å²) in [6.45, 7) is 0. The van der Waals surface area contributed by atoms with Crippen molar-refractivity contribution in [1.29, 1.82) is 0 Å². The molecule has 0 fully saturated rings. The molecule has 0 radical (unpaired) electrons. The Morgan fingerprint density at radius 3 is 1.60 bits per heavy atom. The fourth-order valence-electron chi connectivity index (χ4n) is 5.24. The quantitative estimate of drug-likeness (QED) is 0.0147. The van der Waals surface area contributed by atoms with Crippen LogP contribution in [-0.2, 0) is 28.9 Å². The predicted molar refractivity (Wildman–Crippen MR) is 223 cm³/mol. The van der Waals surface area contributed by atoms with Gasteiger partial charge in [0.1, 0.15) is 5.69 Å². The van der Waals surface area contributed by atoms with E-state index in [4.69, 9.17) is 10.5 Å². The van der Waals surface area contributed by atoms with E-state index in [0.717, 1.165) is 18.1 Å². The molecule has 0 atom stereocenters. The average molecular weight is 898 g/mol. The number of phenolic OH excluding ortho intramolecular Hbond substituents is 1. The molecule has 0 bridgehead atoms. The molecule has 0 amide bonds. The molecular formula is C37H27N11O11S3. The van der Waals surface area contributed by atoms with E-state index in [1.54, 1.807) is 97.1 Å². The van der Waals surface area contributed by atoms with Crippen LogP contribution in [0.3, 0.4) is 0 Å². The molecule has 7 aromatic rings. The van der Waals surface area contributed by atoms with Crippen molar-refractivity contribution in [3.8, 4) is 11.8 Å². The van der Waals surface area contributed by atoms with E-state index in [1.807, 2.05) is 0 Å². The topological polar surface area (TPSA) is 309 Å². The van der Waals surface area contributed by atoms with Gasteiger partial charge in [-0.05, 0) is 121 Å². The Kier molecular flexibility index (Phi) is 13.9. The lowest BCUT2D eigenvalue weighted by molar-refractivity contribution is -0.432. The standard InChI is InChI=1S/C37H27N11O11S3/c49-34-31-17-14-28(39-36-40-35(41-37(50)42-36)38-27-2-1-3-30(20-27)62(53,54)55)18-21(31)19-32(61-59-57-52)33(34)48-47-25-10-8-24(9-11-25)44-43-22-4-6-23(7-5-22)45-46-26-12-15-29(16-13-26)60-58-56-51/h1-20,49,51-52H,(H,53,54,55)(H3,38,39,40,41,42,50). The monoisotopic (exact) mass is 897 g/mol. The highest BCUT2D eigenvalue weighted by Gasteiger charge is 2.17. The summed E-state index contributed by atoms with van der Waals surface area (Å²) >= 11 is 1.39. The third kappa shape index (κ3) is 11.6. The number of hydrogen-bond acceptors (Lipinski definition) is 23. The highest BCUT2D eigenvalue weighted by molar-refractivity contribution is 7.94. The SMILES string of the molecule is O=S(=O)(O)c1cccc(Nc2nc(O)nc(Nc3ccc4c(O)c(N=Nc5ccc(N=Nc6ccc(N=Nc7ccc(SOOO)cc7)cc6)cc5)c(SOOO)cc4c3)n2)c1. The van der Waals surface area contributed by atoms with Crippen LogP contribution < -0.4 is 10.6 Å². The molecule has 314 valence electrons. The van der Waals surface area contributed by atoms with E-state index < -0.39 is 16.1 Å². The zero-order valence-corrected chi connectivity index (χ0v) is 33.4. The van der Waals surface area contributed by atoms with Gasteiger partial charge in [-0.15, -0.1) is 13.8 Å². The first-order chi connectivity index (χ1) is 30.0. The summed E-state index contributed by atoms with van der Waals surface area (Å²) in [6, 6.07) is 31.4. The number of nitrogens with one attached hydrogen (secondary N) is 2. The van der Waals surface area contributed by atoms with Crippen LogP contribution in [-0.4, -0.2) is 48.7 Å². The van der Waals surface area contributed by atoms with Gasteiger partial charge >= 0.3 is 6.01 Å². The molecule has 0 spiro atoms. The van der Waals surface area contributed by atoms with Crippen molar-refractivity contribution in [2.75, 3.05) is 10.6 Å². The minimum Gasteiger partial charge on any atom is -0.505 e. The van der Waals surface area contributed by atoms with Gasteiger partial charge in [-0.25, -0.2) is 10.5 Å². The number of anilines is 4. The van der Waals surface area contributed by atoms with E-state index in [1.165, 1.54) is 18.2 Å². The minimum atomic E-state index is -4.47. The molecule has 0 aliphatic heterocycles. The Morgan fingerprint density at radius 2 is 1.06 bits per heavy atom. The number of hydrogen-bond donors (Lipinski definition) is 7. The molecule has 0 saturated heterocycles. The number of aromatic hydroxyl groups is 2. The average Bonchev–Trinajstić information content (AvgIpc) is 3.26. The van der Waals surface area contributed by atoms with Crippen LogP contribution in [0, 0.1) is 0 Å². The molecule has 1 heterocycles. The summed E-state index contributed by atoms with van der Waals surface area (Å²) in [6.07, 6.45) is 0. The first kappa shape index (κ1) is 43.1. The van der Waals surface area contributed by atoms with Crippen LogP contribution in [0.2, 0.25) is 0 Å². The summed E-state index contributed by atoms with van der Waals surface area (Å²) in [4.78, 5) is 12.4. The first-order valence-electron chi connectivity index (χ1n) is 17.2. The third-order valence-electron chi connectivity index (χ3n) is 8.00. The molecule has 25 heteroatoms. The highest BCUT2D eigenvalue weighted by atomic mass is 32.2. The van der Waals surface area contributed by atoms with E-state index in [9.17, 15) is 23.2 Å². The normalized spacial score (nSPS) is 11.9. The number of rotatable bonds is 17. The van der Waals surface area contributed by atoms with Crippen molar-refractivity contribution in [3.63, 3.8) is 0 Å². The Bertz CT molecular complexity index is 2900. The van der Waals surface area contributed by atoms with E-state index >= 15 is 0 Å². The van der Waals surface area contributed by atoms with Crippen LogP contribution in [0.1, 0.15) is 0 Å². The summed E-state index contributed by atoms with van der Waals surface area (Å²) in [5.41, 5.74) is 3.33. The predicted octanol–water partition coefficient (Wildman–Crippen LogP) is 11.3. The van der Waals surface area contributed by atoms with Crippen molar-refractivity contribution >= 4 is 102 Å². The maximum atomic E-state index is 11.5. The molecule has 0 saturated carbocycles. The fraction of sp³-hybridized carbons (Fsp3) is 0. The van der Waals surface area contributed by atoms with Gasteiger partial charge in [-0.3, -0.25) is 4.55 Å². The highest BCUT2D eigenvalue weighted by Crippen LogP contribution is 2.45. The third-order valence-corrected chi connectivity index (χ3v) is 10.1. The summed E-state index contributed by atoms with van der Waals surface area (Å²) in [5, 5.41) is 77.9. The number of fused-ring (bicyclic) bond motifs is 1. The smallest absolute Gasteiger partial charge is 0.320 e. The number of aromatic nitrogens is 3. The molecule has 0 aliphatic carbocycles. The molecule has 1 aromatic heterocycles. The van der Waals surface area contributed by atoms with Crippen LogP contribution in [0.15, 0.2) is 167 Å². The van der Waals surface area contributed by atoms with Crippen LogP contribution in [0.5, 0.6) is 11.8 Å². The van der Waals surface area contributed by atoms with Crippen molar-refractivity contribution in [1.82, 2.24) is 15.0 Å². The van der Waals surface area contributed by atoms with Gasteiger partial charge in [0.2, 0.25) is 11.9 Å². The van der Waals surface area contributed by atoms with Crippen molar-refractivity contribution in [3.05, 3.63) is 121 Å². The molecule has 6 aromatic carbocycles. The number of benzene rings is 6. The van der Waals surface area contributed by atoms with E-state index in [-0.39, 0.29) is 38.8 Å². The van der Waals surface area contributed by atoms with E-state index in [2.05, 4.69) is 75.0 Å². The second-order valence-corrected chi connectivity index (χ2v) is 15.1. The molecular weight excluding hydrogens is 871 g/mol. The van der Waals surface area contributed by atoms with Gasteiger partial charge in [-0.2, -0.15) is 48.9 Å². The fourth-order valence-corrected chi connectivity index (χ4v) is 6.62. The number of azo groups is 3. The number of phenols is 1. The van der Waals surface area contributed by atoms with Crippen LogP contribution in [0.25, 0.3) is 10.8 Å². The summed E-state index contributed by atoms with van der Waals surface area (Å²) in [7, 11) is -4.47. The lowest BCUT2D eigenvalue weighted by Crippen LogP contribution is -2.04. The molecule has 62 heavy (non-hydrogen) atoms. The van der Waals surface area contributed by atoms with Gasteiger partial charge in [0.15, 0.2) is 5.75 Å². The zero-order chi connectivity index (χ0) is 43.5. The second-order valence-electron chi connectivity index (χ2n) is 12.1. The number of nitrogens with zero attached hydrogens (tertiary/aromatic N) is 9. The molecule has 22 nitrogen and oxygen atoms in total.